The summed E-state index contributed by atoms with van der Waals surface area (Å²) in [6.07, 6.45) is -20.1. The smallest absolute Gasteiger partial charge is 0.426 e. The molecule has 9 nitrogen and oxygen atoms in total. The van der Waals surface area contributed by atoms with E-state index in [9.17, 15) is 57.5 Å². The minimum Gasteiger partial charge on any atom is -0.426 e. The molecular weight excluding hydrogens is 639 g/mol. The fraction of sp³-hybridized carbons (Fsp3) is 0.680. The van der Waals surface area contributed by atoms with Crippen molar-refractivity contribution in [2.24, 2.45) is 0 Å². The van der Waals surface area contributed by atoms with Gasteiger partial charge in [-0.2, -0.15) is 39.5 Å². The van der Waals surface area contributed by atoms with Gasteiger partial charge in [0.05, 0.1) is 11.8 Å². The lowest BCUT2D eigenvalue weighted by Gasteiger charge is -2.45. The SMILES string of the molecule is CS(=O)(=O)NC(=O)CCCNc1cc(C(F)(F)F)ccc1CN1CCCC12CCN(C(=O)OC(C(F)(F)F)C(F)(F)F)CC2. The Labute approximate surface area is 247 Å². The molecule has 44 heavy (non-hydrogen) atoms. The topological polar surface area (TPSA) is 108 Å². The van der Waals surface area contributed by atoms with Crippen molar-refractivity contribution < 1.29 is 62.3 Å². The molecule has 2 N–H and O–H groups in total. The molecule has 1 spiro atoms. The Balaban J connectivity index is 1.68. The Kier molecular flexibility index (Phi) is 10.6. The van der Waals surface area contributed by atoms with E-state index in [0.29, 0.717) is 24.9 Å². The van der Waals surface area contributed by atoms with Crippen molar-refractivity contribution in [3.8, 4) is 0 Å². The fourth-order valence-electron chi connectivity index (χ4n) is 5.40. The van der Waals surface area contributed by atoms with Gasteiger partial charge >= 0.3 is 24.6 Å². The second-order valence-electron chi connectivity index (χ2n) is 10.8. The molecule has 250 valence electrons. The summed E-state index contributed by atoms with van der Waals surface area (Å²) in [5.41, 5.74) is -0.956. The molecule has 2 fully saturated rings. The number of sulfonamides is 1. The normalized spacial score (nSPS) is 18.1. The molecule has 3 rings (SSSR count). The van der Waals surface area contributed by atoms with E-state index in [4.69, 9.17) is 0 Å². The molecule has 0 aromatic heterocycles. The highest BCUT2D eigenvalue weighted by atomic mass is 32.2. The lowest BCUT2D eigenvalue weighted by atomic mass is 9.84. The van der Waals surface area contributed by atoms with E-state index in [1.807, 2.05) is 4.90 Å². The van der Waals surface area contributed by atoms with E-state index in [1.54, 1.807) is 4.72 Å². The number of benzene rings is 1. The molecule has 0 unspecified atom stereocenters. The van der Waals surface area contributed by atoms with Crippen LogP contribution in [0.5, 0.6) is 0 Å². The van der Waals surface area contributed by atoms with Gasteiger partial charge in [0.2, 0.25) is 15.9 Å². The second kappa shape index (κ2) is 13.2. The molecule has 2 aliphatic heterocycles. The summed E-state index contributed by atoms with van der Waals surface area (Å²) >= 11 is 0. The van der Waals surface area contributed by atoms with Crippen LogP contribution in [0.3, 0.4) is 0 Å². The number of carbonyl (C=O) groups is 2. The predicted molar refractivity (Wildman–Crippen MR) is 138 cm³/mol. The van der Waals surface area contributed by atoms with Gasteiger partial charge in [0.1, 0.15) is 0 Å². The van der Waals surface area contributed by atoms with Gasteiger partial charge in [-0.15, -0.1) is 0 Å². The third kappa shape index (κ3) is 9.52. The molecule has 1 aromatic rings. The zero-order valence-corrected chi connectivity index (χ0v) is 24.1. The van der Waals surface area contributed by atoms with Gasteiger partial charge in [-0.05, 0) is 56.3 Å². The van der Waals surface area contributed by atoms with E-state index >= 15 is 0 Å². The quantitative estimate of drug-likeness (QED) is 0.280. The number of ether oxygens (including phenoxy) is 1. The maximum absolute atomic E-state index is 13.4. The zero-order valence-electron chi connectivity index (χ0n) is 23.3. The van der Waals surface area contributed by atoms with E-state index in [2.05, 4.69) is 10.1 Å². The monoisotopic (exact) mass is 670 g/mol. The van der Waals surface area contributed by atoms with Gasteiger partial charge in [-0.3, -0.25) is 14.4 Å². The van der Waals surface area contributed by atoms with Crippen LogP contribution < -0.4 is 10.0 Å². The average molecular weight is 671 g/mol. The van der Waals surface area contributed by atoms with Crippen LogP contribution in [0.4, 0.5) is 50.0 Å². The molecule has 1 aromatic carbocycles. The first-order valence-corrected chi connectivity index (χ1v) is 15.3. The lowest BCUT2D eigenvalue weighted by Crippen LogP contribution is -2.54. The molecule has 0 atom stereocenters. The number of hydrogen-bond donors (Lipinski definition) is 2. The molecule has 2 amide bonds. The minimum absolute atomic E-state index is 0.0323. The highest BCUT2D eigenvalue weighted by Crippen LogP contribution is 2.42. The number of nitrogens with one attached hydrogen (secondary N) is 2. The molecule has 2 heterocycles. The number of likely N-dealkylation sites (tertiary alicyclic amines) is 2. The van der Waals surface area contributed by atoms with Crippen molar-refractivity contribution >= 4 is 27.7 Å². The van der Waals surface area contributed by atoms with Crippen molar-refractivity contribution in [1.82, 2.24) is 14.5 Å². The van der Waals surface area contributed by atoms with Gasteiger partial charge in [0.15, 0.2) is 0 Å². The minimum atomic E-state index is -5.84. The molecule has 0 bridgehead atoms. The number of hydrogen-bond acceptors (Lipinski definition) is 7. The van der Waals surface area contributed by atoms with E-state index < -0.39 is 57.8 Å². The van der Waals surface area contributed by atoms with Gasteiger partial charge in [0, 0.05) is 43.8 Å². The maximum atomic E-state index is 13.4. The van der Waals surface area contributed by atoms with Crippen molar-refractivity contribution in [1.29, 1.82) is 0 Å². The third-order valence-corrected chi connectivity index (χ3v) is 8.10. The summed E-state index contributed by atoms with van der Waals surface area (Å²) in [4.78, 5) is 26.7. The van der Waals surface area contributed by atoms with E-state index in [-0.39, 0.29) is 57.5 Å². The van der Waals surface area contributed by atoms with Crippen molar-refractivity contribution in [3.63, 3.8) is 0 Å². The van der Waals surface area contributed by atoms with Gasteiger partial charge in [0.25, 0.3) is 6.10 Å². The Morgan fingerprint density at radius 3 is 2.14 bits per heavy atom. The van der Waals surface area contributed by atoms with Crippen LogP contribution in [-0.4, -0.2) is 86.6 Å². The second-order valence-corrected chi connectivity index (χ2v) is 12.5. The van der Waals surface area contributed by atoms with Crippen molar-refractivity contribution in [3.05, 3.63) is 29.3 Å². The van der Waals surface area contributed by atoms with Crippen LogP contribution in [0.1, 0.15) is 49.7 Å². The number of piperidine rings is 1. The molecule has 0 saturated carbocycles. The van der Waals surface area contributed by atoms with Crippen molar-refractivity contribution in [2.75, 3.05) is 37.8 Å². The van der Waals surface area contributed by atoms with E-state index in [0.717, 1.165) is 23.3 Å². The summed E-state index contributed by atoms with van der Waals surface area (Å²) < 4.78 is 145. The zero-order chi connectivity index (χ0) is 33.1. The van der Waals surface area contributed by atoms with E-state index in [1.165, 1.54) is 6.07 Å². The van der Waals surface area contributed by atoms with Crippen LogP contribution in [-0.2, 0) is 32.3 Å². The van der Waals surface area contributed by atoms with Crippen LogP contribution >= 0.6 is 0 Å². The number of anilines is 1. The Hall–Kier alpha value is -2.96. The summed E-state index contributed by atoms with van der Waals surface area (Å²) in [5, 5.41) is 2.86. The van der Waals surface area contributed by atoms with Crippen LogP contribution in [0.15, 0.2) is 18.2 Å². The summed E-state index contributed by atoms with van der Waals surface area (Å²) in [6.45, 7) is 0.298. The van der Waals surface area contributed by atoms with Crippen LogP contribution in [0.25, 0.3) is 0 Å². The van der Waals surface area contributed by atoms with Crippen molar-refractivity contribution in [2.45, 2.75) is 75.2 Å². The molecule has 2 saturated heterocycles. The molecule has 0 aliphatic carbocycles. The van der Waals surface area contributed by atoms with Crippen LogP contribution in [0.2, 0.25) is 0 Å². The Morgan fingerprint density at radius 2 is 1.59 bits per heavy atom. The van der Waals surface area contributed by atoms with Gasteiger partial charge in [-0.25, -0.2) is 13.2 Å². The first-order chi connectivity index (χ1) is 20.1. The first kappa shape index (κ1) is 35.5. The number of halogens is 9. The fourth-order valence-corrected chi connectivity index (χ4v) is 5.91. The summed E-state index contributed by atoms with van der Waals surface area (Å²) in [5.74, 6) is -0.778. The largest absolute Gasteiger partial charge is 0.434 e. The average Bonchev–Trinajstić information content (AvgIpc) is 3.24. The highest BCUT2D eigenvalue weighted by Gasteiger charge is 2.60. The lowest BCUT2D eigenvalue weighted by molar-refractivity contribution is -0.308. The Morgan fingerprint density at radius 1 is 0.977 bits per heavy atom. The summed E-state index contributed by atoms with van der Waals surface area (Å²) in [6, 6.07) is 3.10. The number of rotatable bonds is 9. The third-order valence-electron chi connectivity index (χ3n) is 7.50. The predicted octanol–water partition coefficient (Wildman–Crippen LogP) is 5.03. The molecular formula is C25H31F9N4O5S. The molecule has 0 radical (unpaired) electrons. The molecule has 2 aliphatic rings. The maximum Gasteiger partial charge on any atom is 0.434 e. The number of alkyl halides is 9. The molecule has 19 heteroatoms. The van der Waals surface area contributed by atoms with Crippen LogP contribution in [0, 0.1) is 0 Å². The Bertz CT molecular complexity index is 1280. The highest BCUT2D eigenvalue weighted by molar-refractivity contribution is 7.89. The number of amides is 2. The number of carbonyl (C=O) groups excluding carboxylic acids is 2. The number of nitrogens with zero attached hydrogens (tertiary/aromatic N) is 2. The summed E-state index contributed by atoms with van der Waals surface area (Å²) in [7, 11) is -3.76. The first-order valence-electron chi connectivity index (χ1n) is 13.4. The van der Waals surface area contributed by atoms with Gasteiger partial charge < -0.3 is 15.0 Å². The standard InChI is InChI=1S/C25H31F9N4O5S/c1-44(41,42)36-19(39)4-2-10-35-18-14-17(23(26,27)28)6-5-16(18)15-38-11-3-7-22(38)8-12-37(13-9-22)21(40)43-20(24(29,30)31)25(32,33)34/h5-6,14,20,35H,2-4,7-13,15H2,1H3,(H,36,39). The van der Waals surface area contributed by atoms with Gasteiger partial charge in [-0.1, -0.05) is 6.07 Å².